The van der Waals surface area contributed by atoms with Crippen molar-refractivity contribution in [2.75, 3.05) is 0 Å². The van der Waals surface area contributed by atoms with Crippen LogP contribution in [0.4, 0.5) is 0 Å². The van der Waals surface area contributed by atoms with Crippen molar-refractivity contribution in [3.05, 3.63) is 69.5 Å². The second-order valence-corrected chi connectivity index (χ2v) is 10.2. The van der Waals surface area contributed by atoms with E-state index < -0.39 is 0 Å². The molecule has 0 spiro atoms. The summed E-state index contributed by atoms with van der Waals surface area (Å²) < 4.78 is 5.58. The van der Waals surface area contributed by atoms with Crippen molar-refractivity contribution < 1.29 is 9.21 Å². The largest absolute Gasteiger partial charge is 0.421 e. The van der Waals surface area contributed by atoms with Crippen LogP contribution in [0.2, 0.25) is 10.0 Å². The fourth-order valence-electron chi connectivity index (χ4n) is 6.27. The van der Waals surface area contributed by atoms with Crippen molar-refractivity contribution in [3.63, 3.8) is 0 Å². The lowest BCUT2D eigenvalue weighted by molar-refractivity contribution is -0.131. The van der Waals surface area contributed by atoms with E-state index in [1.165, 1.54) is 5.56 Å². The van der Waals surface area contributed by atoms with Gasteiger partial charge >= 0.3 is 0 Å². The van der Waals surface area contributed by atoms with Crippen LogP contribution < -0.4 is 5.32 Å². The molecule has 1 aliphatic carbocycles. The molecule has 1 amide bonds. The maximum absolute atomic E-state index is 13.1. The standard InChI is InChI=1S/C26H27Cl2N3O2/c1-4-26-12-11-20(19-10-7-17(13-21(19)28)24-31-30-15(3)33-24)22(16-5-8-18(27)9-6-16)23(26)14(2)29-25(26)32/h5-10,13-14,20,22-23H,4,11-12H2,1-3H3,(H,29,32)/t14-,20+,22+,23+,26?/m1/s1. The van der Waals surface area contributed by atoms with Crippen LogP contribution >= 0.6 is 23.2 Å². The maximum atomic E-state index is 13.1. The van der Waals surface area contributed by atoms with Gasteiger partial charge in [-0.2, -0.15) is 0 Å². The van der Waals surface area contributed by atoms with Gasteiger partial charge < -0.3 is 9.73 Å². The zero-order valence-electron chi connectivity index (χ0n) is 18.9. The topological polar surface area (TPSA) is 68.0 Å². The molecule has 1 aliphatic heterocycles. The molecule has 7 heteroatoms. The third kappa shape index (κ3) is 3.66. The first-order valence-corrected chi connectivity index (χ1v) is 12.3. The quantitative estimate of drug-likeness (QED) is 0.456. The summed E-state index contributed by atoms with van der Waals surface area (Å²) in [5, 5.41) is 12.7. The Labute approximate surface area is 203 Å². The van der Waals surface area contributed by atoms with Crippen molar-refractivity contribution in [1.82, 2.24) is 15.5 Å². The summed E-state index contributed by atoms with van der Waals surface area (Å²) in [6.45, 7) is 6.04. The van der Waals surface area contributed by atoms with E-state index in [4.69, 9.17) is 27.6 Å². The van der Waals surface area contributed by atoms with Crippen LogP contribution in [0, 0.1) is 18.3 Å². The van der Waals surface area contributed by atoms with E-state index in [-0.39, 0.29) is 35.1 Å². The first-order valence-electron chi connectivity index (χ1n) is 11.5. The molecule has 5 rings (SSSR count). The molecule has 2 heterocycles. The number of halogens is 2. The number of carbonyl (C=O) groups is 1. The number of rotatable bonds is 4. The molecule has 1 aromatic heterocycles. The molecule has 2 aliphatic rings. The Morgan fingerprint density at radius 1 is 1.15 bits per heavy atom. The molecule has 2 fully saturated rings. The summed E-state index contributed by atoms with van der Waals surface area (Å²) in [4.78, 5) is 13.1. The van der Waals surface area contributed by atoms with Crippen LogP contribution in [0.15, 0.2) is 46.9 Å². The zero-order valence-corrected chi connectivity index (χ0v) is 20.5. The van der Waals surface area contributed by atoms with Gasteiger partial charge in [-0.15, -0.1) is 10.2 Å². The predicted octanol–water partition coefficient (Wildman–Crippen LogP) is 6.54. The molecule has 2 aromatic carbocycles. The maximum Gasteiger partial charge on any atom is 0.247 e. The number of hydrogen-bond donors (Lipinski definition) is 1. The van der Waals surface area contributed by atoms with E-state index in [1.807, 2.05) is 24.3 Å². The highest BCUT2D eigenvalue weighted by Gasteiger charge is 2.59. The summed E-state index contributed by atoms with van der Waals surface area (Å²) in [6, 6.07) is 14.2. The van der Waals surface area contributed by atoms with E-state index in [0.717, 1.165) is 30.4 Å². The van der Waals surface area contributed by atoms with Crippen LogP contribution in [0.5, 0.6) is 0 Å². The summed E-state index contributed by atoms with van der Waals surface area (Å²) in [5.74, 6) is 1.65. The van der Waals surface area contributed by atoms with Crippen molar-refractivity contribution in [2.24, 2.45) is 11.3 Å². The number of aromatic nitrogens is 2. The number of fused-ring (bicyclic) bond motifs is 1. The third-order valence-corrected chi connectivity index (χ3v) is 8.35. The van der Waals surface area contributed by atoms with Gasteiger partial charge in [-0.05, 0) is 73.4 Å². The minimum atomic E-state index is -0.353. The van der Waals surface area contributed by atoms with Crippen LogP contribution in [0.1, 0.15) is 62.0 Å². The fourth-order valence-corrected chi connectivity index (χ4v) is 6.72. The Kier molecular flexibility index (Phi) is 5.74. The van der Waals surface area contributed by atoms with Gasteiger partial charge in [0.1, 0.15) is 0 Å². The molecule has 1 N–H and O–H groups in total. The number of benzene rings is 2. The Bertz CT molecular complexity index is 1190. The van der Waals surface area contributed by atoms with Crippen molar-refractivity contribution in [1.29, 1.82) is 0 Å². The number of amides is 1. The number of carbonyl (C=O) groups excluding carboxylic acids is 1. The van der Waals surface area contributed by atoms with Crippen molar-refractivity contribution in [2.45, 2.75) is 57.9 Å². The molecule has 5 nitrogen and oxygen atoms in total. The van der Waals surface area contributed by atoms with E-state index in [0.29, 0.717) is 21.8 Å². The lowest BCUT2D eigenvalue weighted by Gasteiger charge is -2.47. The van der Waals surface area contributed by atoms with Gasteiger partial charge in [-0.3, -0.25) is 4.79 Å². The van der Waals surface area contributed by atoms with Gasteiger partial charge in [-0.1, -0.05) is 48.3 Å². The highest BCUT2D eigenvalue weighted by Crippen LogP contribution is 2.60. The molecule has 3 aromatic rings. The fraction of sp³-hybridized carbons (Fsp3) is 0.423. The predicted molar refractivity (Wildman–Crippen MR) is 129 cm³/mol. The van der Waals surface area contributed by atoms with E-state index >= 15 is 0 Å². The lowest BCUT2D eigenvalue weighted by atomic mass is 9.54. The molecule has 5 atom stereocenters. The zero-order chi connectivity index (χ0) is 23.3. The molecule has 33 heavy (non-hydrogen) atoms. The second kappa shape index (κ2) is 8.44. The lowest BCUT2D eigenvalue weighted by Crippen LogP contribution is -2.43. The monoisotopic (exact) mass is 483 g/mol. The highest BCUT2D eigenvalue weighted by molar-refractivity contribution is 6.31. The Morgan fingerprint density at radius 2 is 1.91 bits per heavy atom. The number of nitrogens with one attached hydrogen (secondary N) is 1. The van der Waals surface area contributed by atoms with Gasteiger partial charge in [0.05, 0.1) is 5.41 Å². The average molecular weight is 484 g/mol. The minimum Gasteiger partial charge on any atom is -0.421 e. The number of hydrogen-bond acceptors (Lipinski definition) is 4. The average Bonchev–Trinajstić information content (AvgIpc) is 3.35. The first kappa shape index (κ1) is 22.4. The Balaban J connectivity index is 1.60. The molecule has 172 valence electrons. The highest BCUT2D eigenvalue weighted by atomic mass is 35.5. The molecule has 1 saturated carbocycles. The summed E-state index contributed by atoms with van der Waals surface area (Å²) in [7, 11) is 0. The summed E-state index contributed by atoms with van der Waals surface area (Å²) >= 11 is 13.1. The van der Waals surface area contributed by atoms with Crippen LogP contribution in [-0.2, 0) is 4.79 Å². The first-order chi connectivity index (χ1) is 15.8. The van der Waals surface area contributed by atoms with Gasteiger partial charge in [0.15, 0.2) is 0 Å². The number of nitrogens with zero attached hydrogens (tertiary/aromatic N) is 2. The molecular formula is C26H27Cl2N3O2. The van der Waals surface area contributed by atoms with E-state index in [9.17, 15) is 4.79 Å². The minimum absolute atomic E-state index is 0.0837. The normalized spacial score (nSPS) is 29.1. The van der Waals surface area contributed by atoms with Gasteiger partial charge in [0, 0.05) is 34.5 Å². The molecule has 1 unspecified atom stereocenters. The second-order valence-electron chi connectivity index (χ2n) is 9.38. The van der Waals surface area contributed by atoms with Crippen molar-refractivity contribution in [3.8, 4) is 11.5 Å². The molecular weight excluding hydrogens is 457 g/mol. The third-order valence-electron chi connectivity index (χ3n) is 7.77. The van der Waals surface area contributed by atoms with Gasteiger partial charge in [0.25, 0.3) is 0 Å². The molecule has 0 radical (unpaired) electrons. The summed E-state index contributed by atoms with van der Waals surface area (Å²) in [6.07, 6.45) is 2.56. The Hall–Kier alpha value is -2.37. The summed E-state index contributed by atoms with van der Waals surface area (Å²) in [5.41, 5.74) is 2.74. The SMILES string of the molecule is CCC12CC[C@@H](c3ccc(-c4nnc(C)o4)cc3Cl)[C@H](c3ccc(Cl)cc3)[C@@H]1[C@@H](C)NC2=O. The van der Waals surface area contributed by atoms with Gasteiger partial charge in [0.2, 0.25) is 17.7 Å². The smallest absolute Gasteiger partial charge is 0.247 e. The van der Waals surface area contributed by atoms with Crippen LogP contribution in [0.25, 0.3) is 11.5 Å². The van der Waals surface area contributed by atoms with E-state index in [1.54, 1.807) is 6.92 Å². The Morgan fingerprint density at radius 3 is 2.55 bits per heavy atom. The number of aryl methyl sites for hydroxylation is 1. The molecule has 1 saturated heterocycles. The van der Waals surface area contributed by atoms with Crippen LogP contribution in [-0.4, -0.2) is 22.1 Å². The van der Waals surface area contributed by atoms with Crippen molar-refractivity contribution >= 4 is 29.1 Å². The van der Waals surface area contributed by atoms with Gasteiger partial charge in [-0.25, -0.2) is 0 Å². The molecule has 0 bridgehead atoms. The van der Waals surface area contributed by atoms with Crippen LogP contribution in [0.3, 0.4) is 0 Å². The van der Waals surface area contributed by atoms with E-state index in [2.05, 4.69) is 47.6 Å².